The molecular formula is C19H22N2O4. The van der Waals surface area contributed by atoms with E-state index in [1.807, 2.05) is 31.2 Å². The van der Waals surface area contributed by atoms with Crippen LogP contribution in [0.2, 0.25) is 0 Å². The van der Waals surface area contributed by atoms with Gasteiger partial charge in [-0.3, -0.25) is 0 Å². The molecule has 6 heteroatoms. The average molecular weight is 342 g/mol. The number of hydrogen-bond acceptors (Lipinski definition) is 4. The highest BCUT2D eigenvalue weighted by Gasteiger charge is 2.07. The van der Waals surface area contributed by atoms with Gasteiger partial charge in [0.25, 0.3) is 0 Å². The number of esters is 1. The summed E-state index contributed by atoms with van der Waals surface area (Å²) in [6.45, 7) is 4.82. The van der Waals surface area contributed by atoms with E-state index in [-0.39, 0.29) is 12.0 Å². The number of carbonyl (C=O) groups excluding carboxylic acids is 2. The zero-order valence-electron chi connectivity index (χ0n) is 14.4. The highest BCUT2D eigenvalue weighted by molar-refractivity contribution is 5.92. The summed E-state index contributed by atoms with van der Waals surface area (Å²) in [7, 11) is 0. The summed E-state index contributed by atoms with van der Waals surface area (Å²) in [5, 5.41) is 5.40. The Kier molecular flexibility index (Phi) is 6.83. The van der Waals surface area contributed by atoms with Crippen LogP contribution in [-0.4, -0.2) is 31.8 Å². The van der Waals surface area contributed by atoms with Gasteiger partial charge in [0, 0.05) is 5.69 Å². The summed E-state index contributed by atoms with van der Waals surface area (Å²) in [6.07, 6.45) is 0. The Morgan fingerprint density at radius 3 is 2.52 bits per heavy atom. The molecule has 0 aliphatic heterocycles. The first-order valence-corrected chi connectivity index (χ1v) is 8.10. The molecule has 0 radical (unpaired) electrons. The van der Waals surface area contributed by atoms with Gasteiger partial charge in [0.1, 0.15) is 12.4 Å². The number of ether oxygens (including phenoxy) is 2. The zero-order valence-corrected chi connectivity index (χ0v) is 14.4. The number of hydrogen-bond donors (Lipinski definition) is 2. The number of urea groups is 1. The van der Waals surface area contributed by atoms with E-state index in [2.05, 4.69) is 10.6 Å². The van der Waals surface area contributed by atoms with E-state index in [9.17, 15) is 9.59 Å². The van der Waals surface area contributed by atoms with Crippen LogP contribution < -0.4 is 15.4 Å². The predicted octanol–water partition coefficient (Wildman–Crippen LogP) is 3.37. The maximum Gasteiger partial charge on any atom is 0.338 e. The number of aryl methyl sites for hydroxylation is 1. The summed E-state index contributed by atoms with van der Waals surface area (Å²) in [6, 6.07) is 13.9. The normalized spacial score (nSPS) is 10.0. The van der Waals surface area contributed by atoms with Crippen LogP contribution >= 0.6 is 0 Å². The molecule has 0 saturated carbocycles. The minimum Gasteiger partial charge on any atom is -0.492 e. The third kappa shape index (κ3) is 6.18. The van der Waals surface area contributed by atoms with E-state index in [4.69, 9.17) is 9.47 Å². The van der Waals surface area contributed by atoms with Gasteiger partial charge >= 0.3 is 12.0 Å². The molecule has 0 aromatic heterocycles. The highest BCUT2D eigenvalue weighted by Crippen LogP contribution is 2.12. The molecule has 0 aliphatic rings. The molecule has 0 saturated heterocycles. The Labute approximate surface area is 147 Å². The second-order valence-corrected chi connectivity index (χ2v) is 5.34. The van der Waals surface area contributed by atoms with Crippen LogP contribution in [0, 0.1) is 6.92 Å². The van der Waals surface area contributed by atoms with Gasteiger partial charge in [-0.1, -0.05) is 12.1 Å². The van der Waals surface area contributed by atoms with Crippen LogP contribution in [0.1, 0.15) is 22.8 Å². The van der Waals surface area contributed by atoms with Crippen molar-refractivity contribution in [2.45, 2.75) is 13.8 Å². The molecule has 2 rings (SSSR count). The fourth-order valence-corrected chi connectivity index (χ4v) is 2.12. The molecule has 6 nitrogen and oxygen atoms in total. The number of rotatable bonds is 7. The summed E-state index contributed by atoms with van der Waals surface area (Å²) >= 11 is 0. The lowest BCUT2D eigenvalue weighted by Gasteiger charge is -2.10. The molecular weight excluding hydrogens is 320 g/mol. The molecule has 2 N–H and O–H groups in total. The van der Waals surface area contributed by atoms with Crippen molar-refractivity contribution in [3.8, 4) is 5.75 Å². The quantitative estimate of drug-likeness (QED) is 0.597. The maximum absolute atomic E-state index is 11.8. The molecule has 2 aromatic rings. The number of amides is 2. The van der Waals surface area contributed by atoms with E-state index >= 15 is 0 Å². The third-order valence-electron chi connectivity index (χ3n) is 3.30. The third-order valence-corrected chi connectivity index (χ3v) is 3.30. The first-order chi connectivity index (χ1) is 12.1. The Morgan fingerprint density at radius 2 is 1.84 bits per heavy atom. The summed E-state index contributed by atoms with van der Waals surface area (Å²) in [4.78, 5) is 23.4. The minimum atomic E-state index is -0.383. The van der Waals surface area contributed by atoms with Gasteiger partial charge in [-0.25, -0.2) is 9.59 Å². The van der Waals surface area contributed by atoms with Crippen molar-refractivity contribution in [1.29, 1.82) is 0 Å². The summed E-state index contributed by atoms with van der Waals surface area (Å²) in [5.41, 5.74) is 2.15. The molecule has 0 unspecified atom stereocenters. The Morgan fingerprint density at radius 1 is 1.08 bits per heavy atom. The van der Waals surface area contributed by atoms with E-state index < -0.39 is 0 Å². The van der Waals surface area contributed by atoms with Crippen LogP contribution in [0.3, 0.4) is 0 Å². The average Bonchev–Trinajstić information content (AvgIpc) is 2.60. The lowest BCUT2D eigenvalue weighted by molar-refractivity contribution is 0.0526. The number of benzene rings is 2. The SMILES string of the molecule is CCOC(=O)c1ccc(NC(=O)NCCOc2cccc(C)c2)cc1. The molecule has 0 aliphatic carbocycles. The van der Waals surface area contributed by atoms with Gasteiger partial charge < -0.3 is 20.1 Å². The first-order valence-electron chi connectivity index (χ1n) is 8.10. The monoisotopic (exact) mass is 342 g/mol. The standard InChI is InChI=1S/C19H22N2O4/c1-3-24-18(22)15-7-9-16(10-8-15)21-19(23)20-11-12-25-17-6-4-5-14(2)13-17/h4-10,13H,3,11-12H2,1-2H3,(H2,20,21,23). The second-order valence-electron chi connectivity index (χ2n) is 5.34. The molecule has 0 fully saturated rings. The van der Waals surface area contributed by atoms with Crippen molar-refractivity contribution >= 4 is 17.7 Å². The zero-order chi connectivity index (χ0) is 18.1. The van der Waals surface area contributed by atoms with Crippen LogP contribution in [0.5, 0.6) is 5.75 Å². The van der Waals surface area contributed by atoms with Crippen molar-refractivity contribution < 1.29 is 19.1 Å². The molecule has 0 atom stereocenters. The van der Waals surface area contributed by atoms with Crippen LogP contribution in [-0.2, 0) is 4.74 Å². The van der Waals surface area contributed by atoms with E-state index in [0.717, 1.165) is 11.3 Å². The Hall–Kier alpha value is -3.02. The number of carbonyl (C=O) groups is 2. The number of anilines is 1. The van der Waals surface area contributed by atoms with Crippen molar-refractivity contribution in [3.05, 3.63) is 59.7 Å². The second kappa shape index (κ2) is 9.32. The topological polar surface area (TPSA) is 76.7 Å². The van der Waals surface area contributed by atoms with Crippen LogP contribution in [0.25, 0.3) is 0 Å². The van der Waals surface area contributed by atoms with Crippen molar-refractivity contribution in [3.63, 3.8) is 0 Å². The van der Waals surface area contributed by atoms with Gasteiger partial charge in [0.2, 0.25) is 0 Å². The van der Waals surface area contributed by atoms with Crippen LogP contribution in [0.15, 0.2) is 48.5 Å². The molecule has 132 valence electrons. The number of nitrogens with one attached hydrogen (secondary N) is 2. The van der Waals surface area contributed by atoms with E-state index in [1.165, 1.54) is 0 Å². The summed E-state index contributed by atoms with van der Waals surface area (Å²) in [5.74, 6) is 0.392. The Balaban J connectivity index is 1.72. The fourth-order valence-electron chi connectivity index (χ4n) is 2.12. The van der Waals surface area contributed by atoms with Crippen molar-refractivity contribution in [2.75, 3.05) is 25.1 Å². The van der Waals surface area contributed by atoms with Gasteiger partial charge in [-0.05, 0) is 55.8 Å². The molecule has 0 heterocycles. The fraction of sp³-hybridized carbons (Fsp3) is 0.263. The highest BCUT2D eigenvalue weighted by atomic mass is 16.5. The first kappa shape index (κ1) is 18.3. The van der Waals surface area contributed by atoms with E-state index in [0.29, 0.717) is 31.0 Å². The molecule has 2 amide bonds. The predicted molar refractivity (Wildman–Crippen MR) is 96.1 cm³/mol. The van der Waals surface area contributed by atoms with Gasteiger partial charge in [-0.2, -0.15) is 0 Å². The van der Waals surface area contributed by atoms with Crippen molar-refractivity contribution in [1.82, 2.24) is 5.32 Å². The largest absolute Gasteiger partial charge is 0.492 e. The lowest BCUT2D eigenvalue weighted by atomic mass is 10.2. The lowest BCUT2D eigenvalue weighted by Crippen LogP contribution is -2.32. The van der Waals surface area contributed by atoms with Crippen LogP contribution in [0.4, 0.5) is 10.5 Å². The van der Waals surface area contributed by atoms with Gasteiger partial charge in [0.15, 0.2) is 0 Å². The smallest absolute Gasteiger partial charge is 0.338 e. The maximum atomic E-state index is 11.8. The van der Waals surface area contributed by atoms with Gasteiger partial charge in [0.05, 0.1) is 18.7 Å². The molecule has 2 aromatic carbocycles. The van der Waals surface area contributed by atoms with Gasteiger partial charge in [-0.15, -0.1) is 0 Å². The molecule has 25 heavy (non-hydrogen) atoms. The minimum absolute atomic E-state index is 0.325. The molecule has 0 bridgehead atoms. The molecule has 0 spiro atoms. The summed E-state index contributed by atoms with van der Waals surface area (Å²) < 4.78 is 10.5. The Bertz CT molecular complexity index is 714. The van der Waals surface area contributed by atoms with E-state index in [1.54, 1.807) is 31.2 Å². The van der Waals surface area contributed by atoms with Crippen molar-refractivity contribution in [2.24, 2.45) is 0 Å².